The molecule has 3 heterocycles. The van der Waals surface area contributed by atoms with E-state index in [0.717, 1.165) is 23.4 Å². The predicted octanol–water partition coefficient (Wildman–Crippen LogP) is 2.53. The van der Waals surface area contributed by atoms with Crippen molar-refractivity contribution in [3.63, 3.8) is 0 Å². The van der Waals surface area contributed by atoms with Crippen molar-refractivity contribution < 1.29 is 4.79 Å². The van der Waals surface area contributed by atoms with Gasteiger partial charge in [-0.15, -0.1) is 21.5 Å². The van der Waals surface area contributed by atoms with E-state index >= 15 is 0 Å². The first kappa shape index (κ1) is 11.6. The van der Waals surface area contributed by atoms with Crippen LogP contribution in [-0.2, 0) is 12.8 Å². The molecule has 20 heavy (non-hydrogen) atoms. The number of rotatable bonds is 2. The number of pyridine rings is 1. The molecule has 1 aliphatic carbocycles. The van der Waals surface area contributed by atoms with Gasteiger partial charge in [-0.05, 0) is 43.0 Å². The van der Waals surface area contributed by atoms with Crippen LogP contribution in [0, 0.1) is 0 Å². The number of thiophene rings is 1. The SMILES string of the molecule is O=C(Nc1nnc2ccccn12)c1cc2c(s1)CCC2. The smallest absolute Gasteiger partial charge is 0.268 e. The van der Waals surface area contributed by atoms with Gasteiger partial charge in [0.2, 0.25) is 5.95 Å². The van der Waals surface area contributed by atoms with Crippen molar-refractivity contribution in [2.45, 2.75) is 19.3 Å². The van der Waals surface area contributed by atoms with Crippen molar-refractivity contribution in [3.05, 3.63) is 45.8 Å². The fraction of sp³-hybridized carbons (Fsp3) is 0.214. The maximum absolute atomic E-state index is 12.3. The summed E-state index contributed by atoms with van der Waals surface area (Å²) in [6.07, 6.45) is 5.23. The molecule has 0 unspecified atom stereocenters. The zero-order valence-electron chi connectivity index (χ0n) is 10.7. The lowest BCUT2D eigenvalue weighted by Gasteiger charge is -2.01. The molecule has 0 saturated carbocycles. The molecule has 3 aromatic rings. The van der Waals surface area contributed by atoms with Gasteiger partial charge in [-0.25, -0.2) is 0 Å². The van der Waals surface area contributed by atoms with E-state index in [4.69, 9.17) is 0 Å². The first-order valence-corrected chi connectivity index (χ1v) is 7.35. The number of aryl methyl sites for hydroxylation is 2. The zero-order valence-corrected chi connectivity index (χ0v) is 11.5. The molecule has 0 atom stereocenters. The normalized spacial score (nSPS) is 13.6. The molecule has 1 aliphatic rings. The first-order valence-electron chi connectivity index (χ1n) is 6.54. The summed E-state index contributed by atoms with van der Waals surface area (Å²) in [5.74, 6) is 0.349. The molecule has 3 aromatic heterocycles. The van der Waals surface area contributed by atoms with E-state index < -0.39 is 0 Å². The fourth-order valence-corrected chi connectivity index (χ4v) is 3.68. The quantitative estimate of drug-likeness (QED) is 0.786. The Hall–Kier alpha value is -2.21. The molecule has 0 bridgehead atoms. The van der Waals surface area contributed by atoms with Gasteiger partial charge in [0.15, 0.2) is 5.65 Å². The molecular formula is C14H12N4OS. The summed E-state index contributed by atoms with van der Waals surface area (Å²) >= 11 is 1.59. The van der Waals surface area contributed by atoms with Crippen LogP contribution in [0.3, 0.4) is 0 Å². The third kappa shape index (κ3) is 1.80. The molecule has 5 nitrogen and oxygen atoms in total. The number of hydrogen-bond acceptors (Lipinski definition) is 4. The second kappa shape index (κ2) is 4.42. The van der Waals surface area contributed by atoms with Crippen molar-refractivity contribution in [1.82, 2.24) is 14.6 Å². The summed E-state index contributed by atoms with van der Waals surface area (Å²) in [4.78, 5) is 14.4. The maximum Gasteiger partial charge on any atom is 0.268 e. The van der Waals surface area contributed by atoms with Gasteiger partial charge in [0.1, 0.15) is 0 Å². The Morgan fingerprint density at radius 2 is 2.25 bits per heavy atom. The molecule has 0 saturated heterocycles. The van der Waals surface area contributed by atoms with Crippen molar-refractivity contribution in [1.29, 1.82) is 0 Å². The van der Waals surface area contributed by atoms with E-state index in [2.05, 4.69) is 15.5 Å². The molecule has 100 valence electrons. The number of anilines is 1. The Balaban J connectivity index is 1.63. The third-order valence-corrected chi connectivity index (χ3v) is 4.75. The van der Waals surface area contributed by atoms with E-state index in [-0.39, 0.29) is 5.91 Å². The highest BCUT2D eigenvalue weighted by Crippen LogP contribution is 2.30. The highest BCUT2D eigenvalue weighted by atomic mass is 32.1. The topological polar surface area (TPSA) is 59.3 Å². The average Bonchev–Trinajstić information content (AvgIpc) is 3.12. The van der Waals surface area contributed by atoms with Gasteiger partial charge in [0.25, 0.3) is 5.91 Å². The highest BCUT2D eigenvalue weighted by molar-refractivity contribution is 7.14. The first-order chi connectivity index (χ1) is 9.81. The van der Waals surface area contributed by atoms with Crippen molar-refractivity contribution in [2.24, 2.45) is 0 Å². The molecule has 0 aliphatic heterocycles. The van der Waals surface area contributed by atoms with E-state index in [1.165, 1.54) is 16.9 Å². The van der Waals surface area contributed by atoms with Crippen LogP contribution in [0.4, 0.5) is 5.95 Å². The van der Waals surface area contributed by atoms with Gasteiger partial charge < -0.3 is 0 Å². The summed E-state index contributed by atoms with van der Waals surface area (Å²) in [6, 6.07) is 7.62. The predicted molar refractivity (Wildman–Crippen MR) is 77.3 cm³/mol. The number of carbonyl (C=O) groups is 1. The van der Waals surface area contributed by atoms with Crippen LogP contribution >= 0.6 is 11.3 Å². The number of hydrogen-bond donors (Lipinski definition) is 1. The van der Waals surface area contributed by atoms with Gasteiger partial charge in [0.05, 0.1) is 4.88 Å². The minimum Gasteiger partial charge on any atom is -0.289 e. The average molecular weight is 284 g/mol. The summed E-state index contributed by atoms with van der Waals surface area (Å²) in [5.41, 5.74) is 2.04. The number of aromatic nitrogens is 3. The van der Waals surface area contributed by atoms with Crippen LogP contribution in [0.25, 0.3) is 5.65 Å². The second-order valence-corrected chi connectivity index (χ2v) is 5.96. The van der Waals surface area contributed by atoms with Crippen molar-refractivity contribution in [2.75, 3.05) is 5.32 Å². The van der Waals surface area contributed by atoms with Crippen LogP contribution in [0.15, 0.2) is 30.5 Å². The molecule has 0 fully saturated rings. The van der Waals surface area contributed by atoms with Crippen LogP contribution in [0.2, 0.25) is 0 Å². The molecule has 0 radical (unpaired) electrons. The number of nitrogens with zero attached hydrogens (tertiary/aromatic N) is 3. The summed E-state index contributed by atoms with van der Waals surface area (Å²) in [5, 5.41) is 10.9. The van der Waals surface area contributed by atoms with Gasteiger partial charge >= 0.3 is 0 Å². The molecule has 1 amide bonds. The number of carbonyl (C=O) groups excluding carboxylic acids is 1. The maximum atomic E-state index is 12.3. The molecule has 4 rings (SSSR count). The van der Waals surface area contributed by atoms with Crippen molar-refractivity contribution in [3.8, 4) is 0 Å². The fourth-order valence-electron chi connectivity index (χ4n) is 2.53. The monoisotopic (exact) mass is 284 g/mol. The Labute approximate surface area is 119 Å². The van der Waals surface area contributed by atoms with Gasteiger partial charge in [-0.2, -0.15) is 0 Å². The minimum absolute atomic E-state index is 0.109. The summed E-state index contributed by atoms with van der Waals surface area (Å²) in [7, 11) is 0. The van der Waals surface area contributed by atoms with E-state index in [1.54, 1.807) is 15.7 Å². The largest absolute Gasteiger partial charge is 0.289 e. The van der Waals surface area contributed by atoms with E-state index in [9.17, 15) is 4.79 Å². The number of amides is 1. The molecule has 0 aromatic carbocycles. The Morgan fingerprint density at radius 1 is 1.30 bits per heavy atom. The van der Waals surface area contributed by atoms with E-state index in [1.807, 2.05) is 30.5 Å². The number of fused-ring (bicyclic) bond motifs is 2. The van der Waals surface area contributed by atoms with Crippen LogP contribution in [-0.4, -0.2) is 20.5 Å². The Kier molecular flexibility index (Phi) is 2.56. The van der Waals surface area contributed by atoms with Gasteiger partial charge in [0, 0.05) is 11.1 Å². The lowest BCUT2D eigenvalue weighted by Crippen LogP contribution is -2.12. The van der Waals surface area contributed by atoms with Crippen molar-refractivity contribution >= 4 is 28.8 Å². The lowest BCUT2D eigenvalue weighted by molar-refractivity contribution is 0.102. The summed E-state index contributed by atoms with van der Waals surface area (Å²) < 4.78 is 1.76. The molecule has 6 heteroatoms. The lowest BCUT2D eigenvalue weighted by atomic mass is 10.2. The van der Waals surface area contributed by atoms with Crippen LogP contribution < -0.4 is 5.32 Å². The van der Waals surface area contributed by atoms with Crippen LogP contribution in [0.5, 0.6) is 0 Å². The summed E-state index contributed by atoms with van der Waals surface area (Å²) in [6.45, 7) is 0. The number of nitrogens with one attached hydrogen (secondary N) is 1. The standard InChI is InChI=1S/C14H12N4OS/c19-13(11-8-9-4-3-5-10(9)20-11)15-14-17-16-12-6-1-2-7-18(12)14/h1-2,6-8H,3-5H2,(H,15,17,19). The highest BCUT2D eigenvalue weighted by Gasteiger charge is 2.19. The second-order valence-electron chi connectivity index (χ2n) is 4.82. The molecule has 0 spiro atoms. The minimum atomic E-state index is -0.109. The third-order valence-electron chi connectivity index (χ3n) is 3.51. The Morgan fingerprint density at radius 3 is 3.15 bits per heavy atom. The van der Waals surface area contributed by atoms with E-state index in [0.29, 0.717) is 5.95 Å². The van der Waals surface area contributed by atoms with Gasteiger partial charge in [-0.3, -0.25) is 14.5 Å². The molecule has 1 N–H and O–H groups in total. The van der Waals surface area contributed by atoms with Gasteiger partial charge in [-0.1, -0.05) is 6.07 Å². The van der Waals surface area contributed by atoms with Crippen LogP contribution in [0.1, 0.15) is 26.5 Å². The Bertz CT molecular complexity index is 783. The zero-order chi connectivity index (χ0) is 13.5. The molecular weight excluding hydrogens is 272 g/mol.